The summed E-state index contributed by atoms with van der Waals surface area (Å²) in [5, 5.41) is 2.85. The van der Waals surface area contributed by atoms with Crippen molar-refractivity contribution >= 4 is 43.5 Å². The Kier molecular flexibility index (Phi) is 8.65. The second kappa shape index (κ2) is 11.3. The van der Waals surface area contributed by atoms with E-state index in [-0.39, 0.29) is 30.9 Å². The molecule has 3 rings (SSSR count). The first-order chi connectivity index (χ1) is 16.5. The fourth-order valence-electron chi connectivity index (χ4n) is 3.52. The van der Waals surface area contributed by atoms with Gasteiger partial charge in [0.2, 0.25) is 28.6 Å². The SMILES string of the molecule is CC(C)CNC(=O)[C@H](C)N(Cc1cccc(Br)c1)C(=O)CN(c1ccc2c(c1)OCO2)S(C)(=O)=O. The molecule has 0 unspecified atom stereocenters. The maximum Gasteiger partial charge on any atom is 0.244 e. The smallest absolute Gasteiger partial charge is 0.244 e. The normalized spacial score (nSPS) is 13.4. The minimum Gasteiger partial charge on any atom is -0.454 e. The van der Waals surface area contributed by atoms with E-state index in [1.54, 1.807) is 19.1 Å². The van der Waals surface area contributed by atoms with Crippen molar-refractivity contribution in [1.82, 2.24) is 10.2 Å². The van der Waals surface area contributed by atoms with E-state index in [9.17, 15) is 18.0 Å². The first-order valence-corrected chi connectivity index (χ1v) is 13.8. The Morgan fingerprint density at radius 1 is 1.09 bits per heavy atom. The molecule has 0 spiro atoms. The van der Waals surface area contributed by atoms with Crippen LogP contribution in [0.1, 0.15) is 26.3 Å². The van der Waals surface area contributed by atoms with Gasteiger partial charge in [0.25, 0.3) is 0 Å². The van der Waals surface area contributed by atoms with Gasteiger partial charge in [0.15, 0.2) is 11.5 Å². The summed E-state index contributed by atoms with van der Waals surface area (Å²) in [6.07, 6.45) is 1.03. The molecule has 0 bridgehead atoms. The van der Waals surface area contributed by atoms with E-state index in [1.165, 1.54) is 11.0 Å². The molecule has 190 valence electrons. The highest BCUT2D eigenvalue weighted by Gasteiger charge is 2.30. The number of anilines is 1. The molecule has 1 heterocycles. The zero-order chi connectivity index (χ0) is 25.8. The third-order valence-corrected chi connectivity index (χ3v) is 7.05. The fraction of sp³-hybridized carbons (Fsp3) is 0.417. The van der Waals surface area contributed by atoms with Gasteiger partial charge in [0, 0.05) is 23.6 Å². The molecule has 0 radical (unpaired) electrons. The molecule has 0 saturated heterocycles. The second-order valence-electron chi connectivity index (χ2n) is 8.77. The van der Waals surface area contributed by atoms with Gasteiger partial charge in [-0.1, -0.05) is 41.9 Å². The zero-order valence-corrected chi connectivity index (χ0v) is 22.6. The molecule has 1 N–H and O–H groups in total. The molecule has 9 nitrogen and oxygen atoms in total. The van der Waals surface area contributed by atoms with Crippen LogP contribution in [0.2, 0.25) is 0 Å². The van der Waals surface area contributed by atoms with Crippen LogP contribution in [0.25, 0.3) is 0 Å². The van der Waals surface area contributed by atoms with Crippen LogP contribution in [0.4, 0.5) is 5.69 Å². The molecule has 35 heavy (non-hydrogen) atoms. The van der Waals surface area contributed by atoms with Gasteiger partial charge in [-0.2, -0.15) is 0 Å². The summed E-state index contributed by atoms with van der Waals surface area (Å²) in [5.41, 5.74) is 1.06. The molecule has 0 saturated carbocycles. The molecule has 0 aromatic heterocycles. The number of nitrogens with one attached hydrogen (secondary N) is 1. The number of fused-ring (bicyclic) bond motifs is 1. The summed E-state index contributed by atoms with van der Waals surface area (Å²) in [6, 6.07) is 11.2. The van der Waals surface area contributed by atoms with E-state index in [0.717, 1.165) is 20.6 Å². The van der Waals surface area contributed by atoms with Crippen molar-refractivity contribution in [1.29, 1.82) is 0 Å². The number of hydrogen-bond acceptors (Lipinski definition) is 6. The molecule has 0 fully saturated rings. The van der Waals surface area contributed by atoms with Crippen molar-refractivity contribution in [2.24, 2.45) is 5.92 Å². The molecule has 2 aromatic carbocycles. The predicted molar refractivity (Wildman–Crippen MR) is 137 cm³/mol. The van der Waals surface area contributed by atoms with Crippen molar-refractivity contribution in [3.63, 3.8) is 0 Å². The number of amides is 2. The van der Waals surface area contributed by atoms with Crippen LogP contribution >= 0.6 is 15.9 Å². The van der Waals surface area contributed by atoms with Gasteiger partial charge in [0.05, 0.1) is 11.9 Å². The highest BCUT2D eigenvalue weighted by atomic mass is 79.9. The van der Waals surface area contributed by atoms with Crippen LogP contribution in [0.3, 0.4) is 0 Å². The summed E-state index contributed by atoms with van der Waals surface area (Å²) in [4.78, 5) is 27.8. The van der Waals surface area contributed by atoms with Crippen molar-refractivity contribution in [2.45, 2.75) is 33.4 Å². The van der Waals surface area contributed by atoms with Gasteiger partial charge in [0.1, 0.15) is 12.6 Å². The van der Waals surface area contributed by atoms with E-state index in [1.807, 2.05) is 38.1 Å². The highest BCUT2D eigenvalue weighted by molar-refractivity contribution is 9.10. The Balaban J connectivity index is 1.89. The van der Waals surface area contributed by atoms with Gasteiger partial charge in [-0.3, -0.25) is 13.9 Å². The Morgan fingerprint density at radius 3 is 2.46 bits per heavy atom. The average molecular weight is 568 g/mol. The van der Waals surface area contributed by atoms with Gasteiger partial charge >= 0.3 is 0 Å². The van der Waals surface area contributed by atoms with Crippen LogP contribution in [-0.2, 0) is 26.2 Å². The molecule has 1 aliphatic rings. The van der Waals surface area contributed by atoms with E-state index in [0.29, 0.717) is 18.0 Å². The van der Waals surface area contributed by atoms with Crippen molar-refractivity contribution < 1.29 is 27.5 Å². The molecule has 1 atom stereocenters. The fourth-order valence-corrected chi connectivity index (χ4v) is 4.81. The van der Waals surface area contributed by atoms with Crippen LogP contribution in [0.15, 0.2) is 46.9 Å². The number of nitrogens with zero attached hydrogens (tertiary/aromatic N) is 2. The summed E-state index contributed by atoms with van der Waals surface area (Å²) in [7, 11) is -3.83. The van der Waals surface area contributed by atoms with Crippen molar-refractivity contribution in [3.8, 4) is 11.5 Å². The number of carbonyl (C=O) groups excluding carboxylic acids is 2. The monoisotopic (exact) mass is 567 g/mol. The van der Waals surface area contributed by atoms with E-state index < -0.39 is 28.5 Å². The van der Waals surface area contributed by atoms with Crippen LogP contribution in [0, 0.1) is 5.92 Å². The largest absolute Gasteiger partial charge is 0.454 e. The minimum atomic E-state index is -3.83. The minimum absolute atomic E-state index is 0.0417. The standard InChI is InChI=1S/C24H30BrN3O6S/c1-16(2)12-26-24(30)17(3)27(13-18-6-5-7-19(25)10-18)23(29)14-28(35(4,31)32)20-8-9-21-22(11-20)34-15-33-21/h5-11,16-17H,12-15H2,1-4H3,(H,26,30)/t17-/m0/s1. The number of ether oxygens (including phenoxy) is 2. The lowest BCUT2D eigenvalue weighted by atomic mass is 10.1. The maximum absolute atomic E-state index is 13.6. The lowest BCUT2D eigenvalue weighted by Crippen LogP contribution is -2.51. The van der Waals surface area contributed by atoms with Crippen LogP contribution in [0.5, 0.6) is 11.5 Å². The number of sulfonamides is 1. The quantitative estimate of drug-likeness (QED) is 0.473. The number of hydrogen-bond donors (Lipinski definition) is 1. The molecule has 0 aliphatic carbocycles. The van der Waals surface area contributed by atoms with Crippen LogP contribution < -0.4 is 19.1 Å². The maximum atomic E-state index is 13.6. The third kappa shape index (κ3) is 7.11. The topological polar surface area (TPSA) is 105 Å². The Morgan fingerprint density at radius 2 is 1.80 bits per heavy atom. The Hall–Kier alpha value is -2.79. The van der Waals surface area contributed by atoms with E-state index >= 15 is 0 Å². The number of rotatable bonds is 10. The summed E-state index contributed by atoms with van der Waals surface area (Å²) in [6.45, 7) is 5.75. The second-order valence-corrected chi connectivity index (χ2v) is 11.6. The third-order valence-electron chi connectivity index (χ3n) is 5.42. The molecule has 1 aliphatic heterocycles. The predicted octanol–water partition coefficient (Wildman–Crippen LogP) is 3.13. The number of halogens is 1. The lowest BCUT2D eigenvalue weighted by molar-refractivity contribution is -0.139. The molecular weight excluding hydrogens is 538 g/mol. The Labute approximate surface area is 214 Å². The Bertz CT molecular complexity index is 1190. The van der Waals surface area contributed by atoms with Crippen molar-refractivity contribution in [2.75, 3.05) is 30.4 Å². The van der Waals surface area contributed by atoms with Crippen LogP contribution in [-0.4, -0.2) is 57.3 Å². The van der Waals surface area contributed by atoms with E-state index in [4.69, 9.17) is 9.47 Å². The molecule has 11 heteroatoms. The van der Waals surface area contributed by atoms with Gasteiger partial charge in [-0.25, -0.2) is 8.42 Å². The van der Waals surface area contributed by atoms with E-state index in [2.05, 4.69) is 21.2 Å². The average Bonchev–Trinajstić information content (AvgIpc) is 3.26. The number of benzene rings is 2. The molecule has 2 aromatic rings. The van der Waals surface area contributed by atoms with Crippen molar-refractivity contribution in [3.05, 3.63) is 52.5 Å². The highest BCUT2D eigenvalue weighted by Crippen LogP contribution is 2.36. The van der Waals surface area contributed by atoms with Gasteiger partial charge in [-0.05, 0) is 42.7 Å². The number of carbonyl (C=O) groups is 2. The van der Waals surface area contributed by atoms with Gasteiger partial charge in [-0.15, -0.1) is 0 Å². The molecular formula is C24H30BrN3O6S. The summed E-state index contributed by atoms with van der Waals surface area (Å²) in [5.74, 6) is 0.319. The first kappa shape index (κ1) is 26.8. The summed E-state index contributed by atoms with van der Waals surface area (Å²) < 4.78 is 37.8. The lowest BCUT2D eigenvalue weighted by Gasteiger charge is -2.31. The zero-order valence-electron chi connectivity index (χ0n) is 20.2. The summed E-state index contributed by atoms with van der Waals surface area (Å²) >= 11 is 3.42. The first-order valence-electron chi connectivity index (χ1n) is 11.1. The van der Waals surface area contributed by atoms with Gasteiger partial charge < -0.3 is 19.7 Å². The molecule has 2 amide bonds.